The summed E-state index contributed by atoms with van der Waals surface area (Å²) in [5.74, 6) is 0.896. The van der Waals surface area contributed by atoms with E-state index in [4.69, 9.17) is 4.74 Å². The van der Waals surface area contributed by atoms with E-state index in [1.807, 2.05) is 12.1 Å². The summed E-state index contributed by atoms with van der Waals surface area (Å²) in [5, 5.41) is 3.64. The highest BCUT2D eigenvalue weighted by Gasteiger charge is 2.14. The molecule has 1 unspecified atom stereocenters. The molecule has 0 bridgehead atoms. The van der Waals surface area contributed by atoms with Crippen molar-refractivity contribution in [1.29, 1.82) is 0 Å². The van der Waals surface area contributed by atoms with Gasteiger partial charge < -0.3 is 10.1 Å². The second-order valence-corrected chi connectivity index (χ2v) is 5.02. The summed E-state index contributed by atoms with van der Waals surface area (Å²) in [7, 11) is 1.70. The molecule has 0 heterocycles. The van der Waals surface area contributed by atoms with Crippen LogP contribution in [0.5, 0.6) is 5.75 Å². The lowest BCUT2D eigenvalue weighted by Crippen LogP contribution is -2.23. The van der Waals surface area contributed by atoms with Gasteiger partial charge in [0.15, 0.2) is 0 Å². The average molecular weight is 269 g/mol. The van der Waals surface area contributed by atoms with Crippen LogP contribution in [0.15, 0.2) is 48.5 Å². The molecule has 2 aromatic carbocycles. The van der Waals surface area contributed by atoms with Crippen LogP contribution in [0.25, 0.3) is 0 Å². The van der Waals surface area contributed by atoms with Crippen molar-refractivity contribution in [2.75, 3.05) is 13.7 Å². The predicted octanol–water partition coefficient (Wildman–Crippen LogP) is 4.09. The van der Waals surface area contributed by atoms with Gasteiger partial charge >= 0.3 is 0 Å². The Morgan fingerprint density at radius 3 is 2.35 bits per heavy atom. The third kappa shape index (κ3) is 3.40. The van der Waals surface area contributed by atoms with E-state index >= 15 is 0 Å². The average Bonchev–Trinajstić information content (AvgIpc) is 2.50. The van der Waals surface area contributed by atoms with Crippen molar-refractivity contribution in [3.05, 3.63) is 65.2 Å². The monoisotopic (exact) mass is 269 g/mol. The van der Waals surface area contributed by atoms with Crippen LogP contribution in [0.4, 0.5) is 0 Å². The molecule has 0 radical (unpaired) electrons. The van der Waals surface area contributed by atoms with Crippen LogP contribution < -0.4 is 10.1 Å². The van der Waals surface area contributed by atoms with Gasteiger partial charge in [0.2, 0.25) is 0 Å². The Kier molecular flexibility index (Phi) is 5.19. The minimum atomic E-state index is 0.238. The van der Waals surface area contributed by atoms with Crippen LogP contribution in [-0.2, 0) is 0 Å². The number of methoxy groups -OCH3 is 1. The fraction of sp³-hybridized carbons (Fsp3) is 0.333. The van der Waals surface area contributed by atoms with E-state index in [1.165, 1.54) is 16.7 Å². The van der Waals surface area contributed by atoms with Gasteiger partial charge in [-0.2, -0.15) is 0 Å². The van der Waals surface area contributed by atoms with Gasteiger partial charge in [0.25, 0.3) is 0 Å². The molecule has 0 aliphatic rings. The van der Waals surface area contributed by atoms with E-state index in [0.717, 1.165) is 18.7 Å². The van der Waals surface area contributed by atoms with E-state index in [2.05, 4.69) is 55.6 Å². The van der Waals surface area contributed by atoms with Gasteiger partial charge in [-0.05, 0) is 48.7 Å². The highest BCUT2D eigenvalue weighted by molar-refractivity contribution is 5.38. The molecule has 0 aliphatic heterocycles. The molecule has 0 aliphatic carbocycles. The Balaban J connectivity index is 2.33. The second-order valence-electron chi connectivity index (χ2n) is 5.02. The van der Waals surface area contributed by atoms with Crippen LogP contribution in [0, 0.1) is 6.92 Å². The van der Waals surface area contributed by atoms with E-state index in [-0.39, 0.29) is 6.04 Å². The zero-order valence-corrected chi connectivity index (χ0v) is 12.5. The van der Waals surface area contributed by atoms with Crippen molar-refractivity contribution in [3.8, 4) is 5.75 Å². The summed E-state index contributed by atoms with van der Waals surface area (Å²) in [6, 6.07) is 17.1. The van der Waals surface area contributed by atoms with Gasteiger partial charge in [-0.3, -0.25) is 0 Å². The first-order valence-corrected chi connectivity index (χ1v) is 7.19. The number of hydrogen-bond donors (Lipinski definition) is 1. The minimum Gasteiger partial charge on any atom is -0.497 e. The molecular formula is C18H23NO. The van der Waals surface area contributed by atoms with Crippen molar-refractivity contribution in [1.82, 2.24) is 5.32 Å². The quantitative estimate of drug-likeness (QED) is 0.852. The first kappa shape index (κ1) is 14.6. The Labute approximate surface area is 121 Å². The molecule has 0 amide bonds. The van der Waals surface area contributed by atoms with Crippen LogP contribution in [0.1, 0.15) is 36.1 Å². The van der Waals surface area contributed by atoms with Gasteiger partial charge in [0, 0.05) is 0 Å². The zero-order chi connectivity index (χ0) is 14.4. The topological polar surface area (TPSA) is 21.3 Å². The van der Waals surface area contributed by atoms with E-state index < -0.39 is 0 Å². The second kappa shape index (κ2) is 7.11. The summed E-state index contributed by atoms with van der Waals surface area (Å²) in [4.78, 5) is 0. The summed E-state index contributed by atoms with van der Waals surface area (Å²) in [6.45, 7) is 5.36. The predicted molar refractivity (Wildman–Crippen MR) is 84.3 cm³/mol. The zero-order valence-electron chi connectivity index (χ0n) is 12.5. The third-order valence-electron chi connectivity index (χ3n) is 3.55. The van der Waals surface area contributed by atoms with Crippen molar-refractivity contribution >= 4 is 0 Å². The largest absolute Gasteiger partial charge is 0.497 e. The summed E-state index contributed by atoms with van der Waals surface area (Å²) in [5.41, 5.74) is 3.93. The van der Waals surface area contributed by atoms with Crippen molar-refractivity contribution < 1.29 is 4.74 Å². The maximum absolute atomic E-state index is 5.24. The fourth-order valence-corrected chi connectivity index (χ4v) is 2.40. The Morgan fingerprint density at radius 1 is 1.05 bits per heavy atom. The summed E-state index contributed by atoms with van der Waals surface area (Å²) < 4.78 is 5.24. The fourth-order valence-electron chi connectivity index (χ4n) is 2.40. The van der Waals surface area contributed by atoms with Crippen LogP contribution >= 0.6 is 0 Å². The van der Waals surface area contributed by atoms with Gasteiger partial charge in [0.1, 0.15) is 5.75 Å². The normalized spacial score (nSPS) is 12.2. The maximum Gasteiger partial charge on any atom is 0.118 e. The van der Waals surface area contributed by atoms with E-state index in [0.29, 0.717) is 0 Å². The first-order valence-electron chi connectivity index (χ1n) is 7.19. The summed E-state index contributed by atoms with van der Waals surface area (Å²) in [6.07, 6.45) is 1.12. The molecule has 0 spiro atoms. The lowest BCUT2D eigenvalue weighted by molar-refractivity contribution is 0.414. The molecule has 2 aromatic rings. The molecule has 0 saturated heterocycles. The molecule has 20 heavy (non-hydrogen) atoms. The Hall–Kier alpha value is -1.80. The van der Waals surface area contributed by atoms with Crippen molar-refractivity contribution in [3.63, 3.8) is 0 Å². The maximum atomic E-state index is 5.24. The third-order valence-corrected chi connectivity index (χ3v) is 3.55. The SMILES string of the molecule is CCCNC(c1ccc(OC)cc1)c1ccccc1C. The molecule has 106 valence electrons. The Morgan fingerprint density at radius 2 is 1.75 bits per heavy atom. The standard InChI is InChI=1S/C18H23NO/c1-4-13-19-18(17-8-6-5-7-14(17)2)15-9-11-16(20-3)12-10-15/h5-12,18-19H,4,13H2,1-3H3. The molecule has 1 N–H and O–H groups in total. The smallest absolute Gasteiger partial charge is 0.118 e. The first-order chi connectivity index (χ1) is 9.76. The molecular weight excluding hydrogens is 246 g/mol. The number of rotatable bonds is 6. The molecule has 2 heteroatoms. The highest BCUT2D eigenvalue weighted by Crippen LogP contribution is 2.26. The van der Waals surface area contributed by atoms with Crippen molar-refractivity contribution in [2.45, 2.75) is 26.3 Å². The lowest BCUT2D eigenvalue weighted by atomic mass is 9.95. The molecule has 0 aromatic heterocycles. The van der Waals surface area contributed by atoms with Crippen molar-refractivity contribution in [2.24, 2.45) is 0 Å². The van der Waals surface area contributed by atoms with Gasteiger partial charge in [-0.15, -0.1) is 0 Å². The number of ether oxygens (including phenoxy) is 1. The molecule has 2 nitrogen and oxygen atoms in total. The molecule has 1 atom stereocenters. The van der Waals surface area contributed by atoms with Crippen LogP contribution in [-0.4, -0.2) is 13.7 Å². The number of aryl methyl sites for hydroxylation is 1. The molecule has 2 rings (SSSR count). The van der Waals surface area contributed by atoms with E-state index in [9.17, 15) is 0 Å². The lowest BCUT2D eigenvalue weighted by Gasteiger charge is -2.21. The Bertz CT molecular complexity index is 533. The summed E-state index contributed by atoms with van der Waals surface area (Å²) >= 11 is 0. The molecule has 0 saturated carbocycles. The van der Waals surface area contributed by atoms with Gasteiger partial charge in [-0.1, -0.05) is 43.3 Å². The van der Waals surface area contributed by atoms with Crippen LogP contribution in [0.3, 0.4) is 0 Å². The van der Waals surface area contributed by atoms with E-state index in [1.54, 1.807) is 7.11 Å². The number of hydrogen-bond acceptors (Lipinski definition) is 2. The minimum absolute atomic E-state index is 0.238. The highest BCUT2D eigenvalue weighted by atomic mass is 16.5. The van der Waals surface area contributed by atoms with Crippen LogP contribution in [0.2, 0.25) is 0 Å². The molecule has 0 fully saturated rings. The number of benzene rings is 2. The number of nitrogens with one attached hydrogen (secondary N) is 1. The van der Waals surface area contributed by atoms with Gasteiger partial charge in [0.05, 0.1) is 13.2 Å². The van der Waals surface area contributed by atoms with Gasteiger partial charge in [-0.25, -0.2) is 0 Å².